The zero-order valence-electron chi connectivity index (χ0n) is 15.7. The van der Waals surface area contributed by atoms with Gasteiger partial charge in [0.1, 0.15) is 0 Å². The van der Waals surface area contributed by atoms with E-state index in [0.29, 0.717) is 44.9 Å². The summed E-state index contributed by atoms with van der Waals surface area (Å²) in [7, 11) is 0. The van der Waals surface area contributed by atoms with Crippen LogP contribution in [0.25, 0.3) is 0 Å². The number of nitrogens with two attached hydrogens (primary N) is 1. The predicted octanol–water partition coefficient (Wildman–Crippen LogP) is 1.72. The highest BCUT2D eigenvalue weighted by atomic mass is 127. The average Bonchev–Trinajstić information content (AvgIpc) is 2.63. The van der Waals surface area contributed by atoms with Crippen LogP contribution in [0, 0.1) is 0 Å². The summed E-state index contributed by atoms with van der Waals surface area (Å²) in [6, 6.07) is 0.257. The van der Waals surface area contributed by atoms with E-state index in [1.54, 1.807) is 4.90 Å². The van der Waals surface area contributed by atoms with Crippen LogP contribution < -0.4 is 11.1 Å². The molecule has 3 N–H and O–H groups in total. The number of carbonyl (C=O) groups is 1. The number of carbonyl (C=O) groups excluding carboxylic acids is 1. The Hall–Kier alpha value is -0.810. The molecule has 0 spiro atoms. The van der Waals surface area contributed by atoms with Gasteiger partial charge in [0.15, 0.2) is 5.96 Å². The van der Waals surface area contributed by atoms with E-state index in [-0.39, 0.29) is 36.1 Å². The molecular formula is C17H33IN4O4. The summed E-state index contributed by atoms with van der Waals surface area (Å²) < 4.78 is 16.1. The maximum absolute atomic E-state index is 11.7. The molecule has 0 atom stereocenters. The van der Waals surface area contributed by atoms with Crippen molar-refractivity contribution in [2.45, 2.75) is 51.2 Å². The molecule has 2 saturated heterocycles. The number of amides is 1. The van der Waals surface area contributed by atoms with Crippen LogP contribution in [0.5, 0.6) is 0 Å². The van der Waals surface area contributed by atoms with Gasteiger partial charge in [-0.25, -0.2) is 4.79 Å². The van der Waals surface area contributed by atoms with E-state index in [2.05, 4.69) is 10.3 Å². The minimum Gasteiger partial charge on any atom is -0.450 e. The molecule has 2 heterocycles. The Bertz CT molecular complexity index is 425. The number of hydrogen-bond donors (Lipinski definition) is 2. The lowest BCUT2D eigenvalue weighted by atomic mass is 10.1. The first-order valence-corrected chi connectivity index (χ1v) is 9.36. The molecule has 0 aliphatic carbocycles. The van der Waals surface area contributed by atoms with Gasteiger partial charge in [0.05, 0.1) is 12.7 Å². The minimum atomic E-state index is -0.230. The molecule has 2 aliphatic rings. The van der Waals surface area contributed by atoms with Gasteiger partial charge in [-0.3, -0.25) is 4.99 Å². The average molecular weight is 484 g/mol. The second kappa shape index (κ2) is 13.4. The highest BCUT2D eigenvalue weighted by molar-refractivity contribution is 14.0. The highest BCUT2D eigenvalue weighted by Crippen LogP contribution is 2.12. The van der Waals surface area contributed by atoms with Crippen molar-refractivity contribution in [2.24, 2.45) is 10.7 Å². The lowest BCUT2D eigenvalue weighted by molar-refractivity contribution is -0.0318. The number of nitrogens with one attached hydrogen (secondary N) is 1. The third kappa shape index (κ3) is 8.72. The van der Waals surface area contributed by atoms with Gasteiger partial charge in [-0.05, 0) is 39.0 Å². The molecule has 1 amide bonds. The molecule has 0 bridgehead atoms. The normalized spacial score (nSPS) is 19.7. The number of halogens is 1. The zero-order valence-corrected chi connectivity index (χ0v) is 18.0. The van der Waals surface area contributed by atoms with E-state index in [1.165, 1.54) is 0 Å². The van der Waals surface area contributed by atoms with E-state index in [1.807, 2.05) is 6.92 Å². The summed E-state index contributed by atoms with van der Waals surface area (Å²) in [5.74, 6) is 0.473. The molecule has 0 radical (unpaired) electrons. The molecule has 152 valence electrons. The molecule has 2 aliphatic heterocycles. The molecular weight excluding hydrogens is 451 g/mol. The first kappa shape index (κ1) is 23.2. The quantitative estimate of drug-likeness (QED) is 0.247. The molecule has 2 fully saturated rings. The van der Waals surface area contributed by atoms with Crippen LogP contribution in [0.2, 0.25) is 0 Å². The summed E-state index contributed by atoms with van der Waals surface area (Å²) in [4.78, 5) is 17.8. The number of ether oxygens (including phenoxy) is 3. The number of guanidine groups is 1. The molecule has 8 nitrogen and oxygen atoms in total. The van der Waals surface area contributed by atoms with Gasteiger partial charge in [-0.1, -0.05) is 0 Å². The predicted molar refractivity (Wildman–Crippen MR) is 111 cm³/mol. The van der Waals surface area contributed by atoms with Gasteiger partial charge >= 0.3 is 6.09 Å². The van der Waals surface area contributed by atoms with Gasteiger partial charge in [0, 0.05) is 45.5 Å². The van der Waals surface area contributed by atoms with Gasteiger partial charge in [-0.15, -0.1) is 24.0 Å². The maximum Gasteiger partial charge on any atom is 0.409 e. The number of hydrogen-bond acceptors (Lipinski definition) is 5. The fourth-order valence-corrected chi connectivity index (χ4v) is 3.03. The van der Waals surface area contributed by atoms with Crippen molar-refractivity contribution >= 4 is 36.0 Å². The Balaban J connectivity index is 0.00000338. The molecule has 0 unspecified atom stereocenters. The summed E-state index contributed by atoms with van der Waals surface area (Å²) >= 11 is 0. The second-order valence-corrected chi connectivity index (χ2v) is 6.41. The molecule has 26 heavy (non-hydrogen) atoms. The molecule has 2 rings (SSSR count). The van der Waals surface area contributed by atoms with Crippen LogP contribution in [0.3, 0.4) is 0 Å². The number of likely N-dealkylation sites (tertiary alicyclic amines) is 1. The van der Waals surface area contributed by atoms with Gasteiger partial charge in [0.25, 0.3) is 0 Å². The Morgan fingerprint density at radius 3 is 2.62 bits per heavy atom. The Kier molecular flexibility index (Phi) is 11.9. The first-order valence-electron chi connectivity index (χ1n) is 9.36. The van der Waals surface area contributed by atoms with Crippen LogP contribution in [0.4, 0.5) is 4.79 Å². The maximum atomic E-state index is 11.7. The van der Waals surface area contributed by atoms with E-state index >= 15 is 0 Å². The van der Waals surface area contributed by atoms with Crippen molar-refractivity contribution in [3.63, 3.8) is 0 Å². The summed E-state index contributed by atoms with van der Waals surface area (Å²) in [6.07, 6.45) is 4.63. The van der Waals surface area contributed by atoms with Crippen LogP contribution in [-0.2, 0) is 14.2 Å². The fourth-order valence-electron chi connectivity index (χ4n) is 3.03. The van der Waals surface area contributed by atoms with Crippen molar-refractivity contribution in [1.82, 2.24) is 10.2 Å². The van der Waals surface area contributed by atoms with Crippen molar-refractivity contribution in [1.29, 1.82) is 0 Å². The number of rotatable bonds is 7. The van der Waals surface area contributed by atoms with Crippen molar-refractivity contribution in [3.8, 4) is 0 Å². The van der Waals surface area contributed by atoms with Crippen LogP contribution in [-0.4, -0.2) is 75.2 Å². The summed E-state index contributed by atoms with van der Waals surface area (Å²) in [5.41, 5.74) is 5.95. The topological polar surface area (TPSA) is 98.4 Å². The first-order chi connectivity index (χ1) is 12.2. The second-order valence-electron chi connectivity index (χ2n) is 6.41. The standard InChI is InChI=1S/C17H32N4O4.HI/c1-2-24-17(22)21-9-4-14(5-10-21)20-16(18)19-8-3-11-25-15-6-12-23-13-7-15;/h14-15H,2-13H2,1H3,(H3,18,19,20);1H. The van der Waals surface area contributed by atoms with Crippen molar-refractivity contribution in [2.75, 3.05) is 46.1 Å². The fraction of sp³-hybridized carbons (Fsp3) is 0.882. The van der Waals surface area contributed by atoms with E-state index in [4.69, 9.17) is 19.9 Å². The monoisotopic (exact) mass is 484 g/mol. The lowest BCUT2D eigenvalue weighted by Crippen LogP contribution is -2.48. The lowest BCUT2D eigenvalue weighted by Gasteiger charge is -2.31. The van der Waals surface area contributed by atoms with Crippen LogP contribution in [0.15, 0.2) is 4.99 Å². The molecule has 0 aromatic rings. The number of aliphatic imine (C=N–C) groups is 1. The van der Waals surface area contributed by atoms with E-state index in [9.17, 15) is 4.79 Å². The SMILES string of the molecule is CCOC(=O)N1CCC(NC(N)=NCCCOC2CCOCC2)CC1.I. The molecule has 0 saturated carbocycles. The molecule has 0 aromatic carbocycles. The van der Waals surface area contributed by atoms with Gasteiger partial charge in [0.2, 0.25) is 0 Å². The Morgan fingerprint density at radius 2 is 1.96 bits per heavy atom. The van der Waals surface area contributed by atoms with Crippen LogP contribution in [0.1, 0.15) is 39.0 Å². The van der Waals surface area contributed by atoms with E-state index < -0.39 is 0 Å². The number of nitrogens with zero attached hydrogens (tertiary/aromatic N) is 2. The van der Waals surface area contributed by atoms with Crippen molar-refractivity contribution in [3.05, 3.63) is 0 Å². The van der Waals surface area contributed by atoms with Gasteiger partial charge < -0.3 is 30.2 Å². The van der Waals surface area contributed by atoms with Crippen molar-refractivity contribution < 1.29 is 19.0 Å². The third-order valence-corrected chi connectivity index (χ3v) is 4.48. The zero-order chi connectivity index (χ0) is 17.9. The Labute approximate surface area is 173 Å². The summed E-state index contributed by atoms with van der Waals surface area (Å²) in [6.45, 7) is 6.56. The number of piperidine rings is 1. The van der Waals surface area contributed by atoms with Crippen LogP contribution >= 0.6 is 24.0 Å². The smallest absolute Gasteiger partial charge is 0.409 e. The highest BCUT2D eigenvalue weighted by Gasteiger charge is 2.23. The Morgan fingerprint density at radius 1 is 1.27 bits per heavy atom. The largest absolute Gasteiger partial charge is 0.450 e. The summed E-state index contributed by atoms with van der Waals surface area (Å²) in [5, 5.41) is 3.24. The molecule has 9 heteroatoms. The van der Waals surface area contributed by atoms with E-state index in [0.717, 1.165) is 45.3 Å². The third-order valence-electron chi connectivity index (χ3n) is 4.48. The van der Waals surface area contributed by atoms with Gasteiger partial charge in [-0.2, -0.15) is 0 Å². The molecule has 0 aromatic heterocycles. The minimum absolute atomic E-state index is 0.